The summed E-state index contributed by atoms with van der Waals surface area (Å²) in [4.78, 5) is 4.49. The molecule has 3 heteroatoms. The summed E-state index contributed by atoms with van der Waals surface area (Å²) in [6.07, 6.45) is 0. The quantitative estimate of drug-likeness (QED) is 0.650. The van der Waals surface area contributed by atoms with Crippen LogP contribution >= 0.6 is 0 Å². The number of nitriles is 1. The molecule has 0 saturated heterocycles. The van der Waals surface area contributed by atoms with Crippen LogP contribution in [0.1, 0.15) is 13.8 Å². The Hall–Kier alpha value is -2.86. The molecule has 0 radical (unpaired) electrons. The first-order valence-corrected chi connectivity index (χ1v) is 6.74. The second-order valence-electron chi connectivity index (χ2n) is 4.64. The molecule has 0 unspecified atom stereocenters. The second kappa shape index (κ2) is 7.06. The molecule has 0 aliphatic rings. The fraction of sp³-hybridized carbons (Fsp3) is 0.111. The van der Waals surface area contributed by atoms with Crippen molar-refractivity contribution < 1.29 is 0 Å². The highest BCUT2D eigenvalue weighted by atomic mass is 14.9. The fourth-order valence-electron chi connectivity index (χ4n) is 1.99. The van der Waals surface area contributed by atoms with Crippen LogP contribution in [0.5, 0.6) is 0 Å². The van der Waals surface area contributed by atoms with Crippen molar-refractivity contribution in [1.29, 1.82) is 5.26 Å². The van der Waals surface area contributed by atoms with Gasteiger partial charge in [-0.15, -0.1) is 0 Å². The SMILES string of the molecule is CC(=Nc1ccccc1)/C(C#N)=C(\C)Nc1ccccc1. The van der Waals surface area contributed by atoms with Crippen LogP contribution in [0.25, 0.3) is 0 Å². The lowest BCUT2D eigenvalue weighted by Crippen LogP contribution is -2.05. The van der Waals surface area contributed by atoms with Crippen LogP contribution in [0.3, 0.4) is 0 Å². The van der Waals surface area contributed by atoms with Crippen LogP contribution in [-0.4, -0.2) is 5.71 Å². The third-order valence-electron chi connectivity index (χ3n) is 3.01. The molecule has 0 bridgehead atoms. The van der Waals surface area contributed by atoms with Crippen LogP contribution in [0.15, 0.2) is 76.9 Å². The van der Waals surface area contributed by atoms with E-state index in [9.17, 15) is 5.26 Å². The van der Waals surface area contributed by atoms with Gasteiger partial charge in [-0.3, -0.25) is 4.99 Å². The maximum Gasteiger partial charge on any atom is 0.103 e. The molecule has 0 fully saturated rings. The minimum atomic E-state index is 0.558. The molecule has 0 spiro atoms. The predicted octanol–water partition coefficient (Wildman–Crippen LogP) is 4.69. The summed E-state index contributed by atoms with van der Waals surface area (Å²) in [6.45, 7) is 3.73. The molecule has 2 rings (SSSR count). The normalized spacial score (nSPS) is 12.3. The van der Waals surface area contributed by atoms with Crippen molar-refractivity contribution in [3.05, 3.63) is 71.9 Å². The van der Waals surface area contributed by atoms with Crippen LogP contribution in [0, 0.1) is 11.3 Å². The summed E-state index contributed by atoms with van der Waals surface area (Å²) in [6, 6.07) is 21.6. The van der Waals surface area contributed by atoms with Gasteiger partial charge < -0.3 is 5.32 Å². The average Bonchev–Trinajstić information content (AvgIpc) is 2.50. The lowest BCUT2D eigenvalue weighted by molar-refractivity contribution is 1.33. The Morgan fingerprint density at radius 2 is 1.52 bits per heavy atom. The van der Waals surface area contributed by atoms with Crippen molar-refractivity contribution in [2.45, 2.75) is 13.8 Å². The Morgan fingerprint density at radius 3 is 2.10 bits per heavy atom. The zero-order valence-corrected chi connectivity index (χ0v) is 12.2. The summed E-state index contributed by atoms with van der Waals surface area (Å²) in [5.74, 6) is 0. The van der Waals surface area contributed by atoms with Crippen molar-refractivity contribution in [2.75, 3.05) is 5.32 Å². The van der Waals surface area contributed by atoms with Gasteiger partial charge in [-0.05, 0) is 38.1 Å². The van der Waals surface area contributed by atoms with Crippen LogP contribution in [0.2, 0.25) is 0 Å². The van der Waals surface area contributed by atoms with E-state index >= 15 is 0 Å². The molecular weight excluding hydrogens is 258 g/mol. The molecule has 2 aromatic carbocycles. The van der Waals surface area contributed by atoms with E-state index in [-0.39, 0.29) is 0 Å². The molecule has 0 atom stereocenters. The Bertz CT molecular complexity index is 692. The molecule has 104 valence electrons. The van der Waals surface area contributed by atoms with E-state index in [0.29, 0.717) is 11.3 Å². The number of rotatable bonds is 4. The third kappa shape index (κ3) is 4.05. The first-order valence-electron chi connectivity index (χ1n) is 6.74. The Morgan fingerprint density at radius 1 is 0.952 bits per heavy atom. The van der Waals surface area contributed by atoms with Gasteiger partial charge in [0, 0.05) is 11.4 Å². The van der Waals surface area contributed by atoms with Gasteiger partial charge in [-0.25, -0.2) is 0 Å². The Labute approximate surface area is 125 Å². The highest BCUT2D eigenvalue weighted by Crippen LogP contribution is 2.16. The molecule has 0 aliphatic carbocycles. The number of aliphatic imine (C=N–C) groups is 1. The van der Waals surface area contributed by atoms with Gasteiger partial charge in [0.1, 0.15) is 6.07 Å². The lowest BCUT2D eigenvalue weighted by atomic mass is 10.1. The number of hydrogen-bond donors (Lipinski definition) is 1. The van der Waals surface area contributed by atoms with Gasteiger partial charge in [0.2, 0.25) is 0 Å². The molecule has 0 amide bonds. The van der Waals surface area contributed by atoms with E-state index in [0.717, 1.165) is 17.1 Å². The number of para-hydroxylation sites is 2. The van der Waals surface area contributed by atoms with Crippen molar-refractivity contribution in [1.82, 2.24) is 0 Å². The van der Waals surface area contributed by atoms with Crippen molar-refractivity contribution >= 4 is 17.1 Å². The van der Waals surface area contributed by atoms with E-state index in [1.54, 1.807) is 0 Å². The van der Waals surface area contributed by atoms with E-state index in [2.05, 4.69) is 16.4 Å². The number of anilines is 1. The molecular formula is C18H17N3. The van der Waals surface area contributed by atoms with Gasteiger partial charge in [-0.1, -0.05) is 36.4 Å². The minimum absolute atomic E-state index is 0.558. The number of allylic oxidation sites excluding steroid dienone is 2. The summed E-state index contributed by atoms with van der Waals surface area (Å²) < 4.78 is 0. The predicted molar refractivity (Wildman–Crippen MR) is 87.6 cm³/mol. The Kier molecular flexibility index (Phi) is 4.89. The van der Waals surface area contributed by atoms with E-state index in [1.165, 1.54) is 0 Å². The number of benzene rings is 2. The molecule has 0 saturated carbocycles. The maximum absolute atomic E-state index is 9.39. The van der Waals surface area contributed by atoms with E-state index in [4.69, 9.17) is 0 Å². The smallest absolute Gasteiger partial charge is 0.103 e. The van der Waals surface area contributed by atoms with Crippen LogP contribution in [0.4, 0.5) is 11.4 Å². The highest BCUT2D eigenvalue weighted by molar-refractivity contribution is 6.04. The number of nitrogens with zero attached hydrogens (tertiary/aromatic N) is 2. The first kappa shape index (κ1) is 14.5. The second-order valence-corrected chi connectivity index (χ2v) is 4.64. The van der Waals surface area contributed by atoms with Crippen LogP contribution < -0.4 is 5.32 Å². The summed E-state index contributed by atoms with van der Waals surface area (Å²) in [5, 5.41) is 12.6. The largest absolute Gasteiger partial charge is 0.358 e. The molecule has 2 aromatic rings. The first-order chi connectivity index (χ1) is 10.2. The minimum Gasteiger partial charge on any atom is -0.358 e. The van der Waals surface area contributed by atoms with Crippen molar-refractivity contribution in [3.8, 4) is 6.07 Å². The topological polar surface area (TPSA) is 48.2 Å². The third-order valence-corrected chi connectivity index (χ3v) is 3.01. The van der Waals surface area contributed by atoms with E-state index < -0.39 is 0 Å². The molecule has 21 heavy (non-hydrogen) atoms. The van der Waals surface area contributed by atoms with Gasteiger partial charge in [0.15, 0.2) is 0 Å². The summed E-state index contributed by atoms with van der Waals surface area (Å²) >= 11 is 0. The summed E-state index contributed by atoms with van der Waals surface area (Å²) in [7, 11) is 0. The zero-order valence-electron chi connectivity index (χ0n) is 12.2. The average molecular weight is 275 g/mol. The monoisotopic (exact) mass is 275 g/mol. The fourth-order valence-corrected chi connectivity index (χ4v) is 1.99. The standard InChI is InChI=1S/C18H17N3/c1-14(20-16-9-5-3-6-10-16)18(13-19)15(2)21-17-11-7-4-8-12-17/h3-12,20H,1-2H3/b18-14+,21-15?. The van der Waals surface area contributed by atoms with Crippen molar-refractivity contribution in [3.63, 3.8) is 0 Å². The number of hydrogen-bond acceptors (Lipinski definition) is 3. The van der Waals surface area contributed by atoms with Crippen molar-refractivity contribution in [2.24, 2.45) is 4.99 Å². The molecule has 0 aliphatic heterocycles. The lowest BCUT2D eigenvalue weighted by Gasteiger charge is -2.09. The van der Waals surface area contributed by atoms with Crippen LogP contribution in [-0.2, 0) is 0 Å². The van der Waals surface area contributed by atoms with Gasteiger partial charge in [0.05, 0.1) is 17.0 Å². The molecule has 3 nitrogen and oxygen atoms in total. The maximum atomic E-state index is 9.39. The zero-order chi connectivity index (χ0) is 15.1. The van der Waals surface area contributed by atoms with Gasteiger partial charge in [0.25, 0.3) is 0 Å². The van der Waals surface area contributed by atoms with Gasteiger partial charge >= 0.3 is 0 Å². The highest BCUT2D eigenvalue weighted by Gasteiger charge is 2.06. The number of nitrogens with one attached hydrogen (secondary N) is 1. The summed E-state index contributed by atoms with van der Waals surface area (Å²) in [5.41, 5.74) is 3.85. The molecule has 1 N–H and O–H groups in total. The van der Waals surface area contributed by atoms with Gasteiger partial charge in [-0.2, -0.15) is 5.26 Å². The molecule has 0 heterocycles. The molecule has 0 aromatic heterocycles. The van der Waals surface area contributed by atoms with E-state index in [1.807, 2.05) is 74.5 Å². The Balaban J connectivity index is 2.28.